The van der Waals surface area contributed by atoms with Crippen LogP contribution in [0, 0.1) is 17.6 Å². The Hall–Kier alpha value is -1.98. The molecule has 20 heavy (non-hydrogen) atoms. The monoisotopic (exact) mass is 283 g/mol. The molecule has 1 fully saturated rings. The average molecular weight is 283 g/mol. The van der Waals surface area contributed by atoms with E-state index in [1.807, 2.05) is 0 Å². The van der Waals surface area contributed by atoms with Crippen molar-refractivity contribution in [3.63, 3.8) is 0 Å². The Balaban J connectivity index is 2.11. The molecule has 0 spiro atoms. The summed E-state index contributed by atoms with van der Waals surface area (Å²) in [6.45, 7) is 1.54. The van der Waals surface area contributed by atoms with Crippen molar-refractivity contribution in [3.05, 3.63) is 35.4 Å². The molecule has 1 aliphatic rings. The minimum Gasteiger partial charge on any atom is -0.480 e. The summed E-state index contributed by atoms with van der Waals surface area (Å²) < 4.78 is 27.2. The van der Waals surface area contributed by atoms with Crippen LogP contribution in [0.3, 0.4) is 0 Å². The second-order valence-electron chi connectivity index (χ2n) is 4.83. The molecule has 1 aromatic carbocycles. The minimum atomic E-state index is -1.10. The fourth-order valence-corrected chi connectivity index (χ4v) is 2.40. The SMILES string of the molecule is CCN(CC(=O)O)C(=O)[C@H]1C[C@@H]1c1c(F)cccc1F. The van der Waals surface area contributed by atoms with Gasteiger partial charge in [0.05, 0.1) is 0 Å². The van der Waals surface area contributed by atoms with E-state index >= 15 is 0 Å². The van der Waals surface area contributed by atoms with E-state index in [1.54, 1.807) is 6.92 Å². The standard InChI is InChI=1S/C14H15F2NO3/c1-2-17(7-12(18)19)14(20)9-6-8(9)13-10(15)4-3-5-11(13)16/h3-5,8-9H,2,6-7H2,1H3,(H,18,19)/t8-,9-/m0/s1. The lowest BCUT2D eigenvalue weighted by atomic mass is 10.1. The molecule has 0 radical (unpaired) electrons. The van der Waals surface area contributed by atoms with E-state index in [1.165, 1.54) is 11.0 Å². The number of likely N-dealkylation sites (N-methyl/N-ethyl adjacent to an activating group) is 1. The summed E-state index contributed by atoms with van der Waals surface area (Å²) in [7, 11) is 0. The van der Waals surface area contributed by atoms with Crippen LogP contribution < -0.4 is 0 Å². The lowest BCUT2D eigenvalue weighted by molar-refractivity contribution is -0.144. The van der Waals surface area contributed by atoms with E-state index in [2.05, 4.69) is 0 Å². The van der Waals surface area contributed by atoms with E-state index in [9.17, 15) is 18.4 Å². The molecule has 4 nitrogen and oxygen atoms in total. The minimum absolute atomic E-state index is 0.0720. The zero-order valence-electron chi connectivity index (χ0n) is 11.0. The molecule has 6 heteroatoms. The van der Waals surface area contributed by atoms with Crippen LogP contribution in [0.25, 0.3) is 0 Å². The molecule has 1 amide bonds. The molecule has 1 N–H and O–H groups in total. The van der Waals surface area contributed by atoms with Crippen molar-refractivity contribution in [2.24, 2.45) is 5.92 Å². The van der Waals surface area contributed by atoms with Gasteiger partial charge in [-0.2, -0.15) is 0 Å². The first-order valence-electron chi connectivity index (χ1n) is 6.40. The van der Waals surface area contributed by atoms with E-state index in [-0.39, 0.29) is 18.0 Å². The van der Waals surface area contributed by atoms with E-state index in [0.29, 0.717) is 6.42 Å². The number of benzene rings is 1. The summed E-state index contributed by atoms with van der Waals surface area (Å²) >= 11 is 0. The molecule has 0 heterocycles. The number of carbonyl (C=O) groups excluding carboxylic acids is 1. The molecule has 0 aliphatic heterocycles. The maximum atomic E-state index is 13.6. The number of carbonyl (C=O) groups is 2. The van der Waals surface area contributed by atoms with Crippen molar-refractivity contribution < 1.29 is 23.5 Å². The molecule has 0 aromatic heterocycles. The van der Waals surface area contributed by atoms with E-state index in [0.717, 1.165) is 12.1 Å². The maximum Gasteiger partial charge on any atom is 0.323 e. The van der Waals surface area contributed by atoms with E-state index < -0.39 is 36.0 Å². The number of nitrogens with zero attached hydrogens (tertiary/aromatic N) is 1. The lowest BCUT2D eigenvalue weighted by Crippen LogP contribution is -2.36. The van der Waals surface area contributed by atoms with Gasteiger partial charge in [-0.05, 0) is 25.5 Å². The Labute approximate surface area is 115 Å². The van der Waals surface area contributed by atoms with Gasteiger partial charge in [0.25, 0.3) is 0 Å². The topological polar surface area (TPSA) is 57.6 Å². The number of carboxylic acid groups (broad SMARTS) is 1. The molecular weight excluding hydrogens is 268 g/mol. The highest BCUT2D eigenvalue weighted by Gasteiger charge is 2.48. The predicted molar refractivity (Wildman–Crippen MR) is 67.1 cm³/mol. The summed E-state index contributed by atoms with van der Waals surface area (Å²) in [5.41, 5.74) is -0.0720. The highest BCUT2D eigenvalue weighted by atomic mass is 19.1. The number of hydrogen-bond acceptors (Lipinski definition) is 2. The van der Waals surface area contributed by atoms with Gasteiger partial charge in [0, 0.05) is 23.9 Å². The Kier molecular flexibility index (Phi) is 4.01. The number of halogens is 2. The van der Waals surface area contributed by atoms with Crippen LogP contribution in [0.4, 0.5) is 8.78 Å². The molecule has 2 atom stereocenters. The van der Waals surface area contributed by atoms with Gasteiger partial charge < -0.3 is 10.0 Å². The molecule has 2 rings (SSSR count). The predicted octanol–water partition coefficient (Wildman–Crippen LogP) is 2.00. The summed E-state index contributed by atoms with van der Waals surface area (Å²) in [6, 6.07) is 3.59. The Morgan fingerprint density at radius 3 is 2.45 bits per heavy atom. The molecular formula is C14H15F2NO3. The van der Waals surface area contributed by atoms with Crippen LogP contribution in [-0.4, -0.2) is 35.0 Å². The van der Waals surface area contributed by atoms with Crippen molar-refractivity contribution in [2.75, 3.05) is 13.1 Å². The molecule has 0 bridgehead atoms. The third-order valence-corrected chi connectivity index (χ3v) is 3.50. The van der Waals surface area contributed by atoms with Gasteiger partial charge in [-0.15, -0.1) is 0 Å². The molecule has 108 valence electrons. The summed E-state index contributed by atoms with van der Waals surface area (Å²) in [5, 5.41) is 8.72. The molecule has 0 unspecified atom stereocenters. The van der Waals surface area contributed by atoms with Crippen molar-refractivity contribution in [2.45, 2.75) is 19.3 Å². The highest BCUT2D eigenvalue weighted by molar-refractivity contribution is 5.86. The molecule has 0 saturated heterocycles. The quantitative estimate of drug-likeness (QED) is 0.899. The Morgan fingerprint density at radius 2 is 1.95 bits per heavy atom. The Bertz CT molecular complexity index is 527. The van der Waals surface area contributed by atoms with Crippen LogP contribution in [-0.2, 0) is 9.59 Å². The third kappa shape index (κ3) is 2.79. The van der Waals surface area contributed by atoms with Crippen molar-refractivity contribution in [1.29, 1.82) is 0 Å². The van der Waals surface area contributed by atoms with Gasteiger partial charge in [-0.3, -0.25) is 9.59 Å². The number of aliphatic carboxylic acids is 1. The number of amides is 1. The van der Waals surface area contributed by atoms with Gasteiger partial charge >= 0.3 is 5.97 Å². The van der Waals surface area contributed by atoms with Crippen LogP contribution in [0.1, 0.15) is 24.8 Å². The van der Waals surface area contributed by atoms with Crippen molar-refractivity contribution in [1.82, 2.24) is 4.90 Å². The van der Waals surface area contributed by atoms with Crippen molar-refractivity contribution in [3.8, 4) is 0 Å². The average Bonchev–Trinajstić information content (AvgIpc) is 3.15. The van der Waals surface area contributed by atoms with Crippen LogP contribution in [0.15, 0.2) is 18.2 Å². The molecule has 1 aromatic rings. The van der Waals surface area contributed by atoms with Gasteiger partial charge in [0.1, 0.15) is 18.2 Å². The van der Waals surface area contributed by atoms with Crippen LogP contribution in [0.5, 0.6) is 0 Å². The lowest BCUT2D eigenvalue weighted by Gasteiger charge is -2.18. The summed E-state index contributed by atoms with van der Waals surface area (Å²) in [5.74, 6) is -3.80. The zero-order chi connectivity index (χ0) is 14.9. The smallest absolute Gasteiger partial charge is 0.323 e. The Morgan fingerprint density at radius 1 is 1.35 bits per heavy atom. The fourth-order valence-electron chi connectivity index (χ4n) is 2.40. The molecule has 1 saturated carbocycles. The van der Waals surface area contributed by atoms with Crippen LogP contribution >= 0.6 is 0 Å². The number of rotatable bonds is 5. The van der Waals surface area contributed by atoms with Gasteiger partial charge in [-0.25, -0.2) is 8.78 Å². The van der Waals surface area contributed by atoms with E-state index in [4.69, 9.17) is 5.11 Å². The number of carboxylic acids is 1. The zero-order valence-corrected chi connectivity index (χ0v) is 11.0. The van der Waals surface area contributed by atoms with Gasteiger partial charge in [-0.1, -0.05) is 6.07 Å². The molecule has 1 aliphatic carbocycles. The first-order valence-corrected chi connectivity index (χ1v) is 6.40. The normalized spacial score (nSPS) is 20.6. The largest absolute Gasteiger partial charge is 0.480 e. The van der Waals surface area contributed by atoms with Gasteiger partial charge in [0.2, 0.25) is 5.91 Å². The second kappa shape index (κ2) is 5.56. The highest BCUT2D eigenvalue weighted by Crippen LogP contribution is 2.50. The third-order valence-electron chi connectivity index (χ3n) is 3.50. The van der Waals surface area contributed by atoms with Gasteiger partial charge in [0.15, 0.2) is 0 Å². The second-order valence-corrected chi connectivity index (χ2v) is 4.83. The van der Waals surface area contributed by atoms with Crippen molar-refractivity contribution >= 4 is 11.9 Å². The number of hydrogen-bond donors (Lipinski definition) is 1. The first-order chi connectivity index (χ1) is 9.45. The first kappa shape index (κ1) is 14.4. The van der Waals surface area contributed by atoms with Crippen LogP contribution in [0.2, 0.25) is 0 Å². The maximum absolute atomic E-state index is 13.6. The fraction of sp³-hybridized carbons (Fsp3) is 0.429. The summed E-state index contributed by atoms with van der Waals surface area (Å²) in [4.78, 5) is 23.9. The summed E-state index contributed by atoms with van der Waals surface area (Å²) in [6.07, 6.45) is 0.354.